The van der Waals surface area contributed by atoms with Crippen molar-refractivity contribution in [1.82, 2.24) is 0 Å². The number of quaternary nitrogens is 1. The summed E-state index contributed by atoms with van der Waals surface area (Å²) in [4.78, 5) is 22.7. The molecule has 1 saturated heterocycles. The molecule has 0 unspecified atom stereocenters. The molecule has 3 atom stereocenters. The minimum absolute atomic E-state index is 0.0740. The van der Waals surface area contributed by atoms with Crippen molar-refractivity contribution in [2.75, 3.05) is 6.61 Å². The fourth-order valence-corrected chi connectivity index (χ4v) is 2.80. The number of aliphatic hydroxyl groups is 1. The summed E-state index contributed by atoms with van der Waals surface area (Å²) in [5.74, 6) is -0.698. The molecule has 0 aromatic rings. The number of ether oxygens (including phenoxy) is 2. The van der Waals surface area contributed by atoms with Crippen molar-refractivity contribution in [2.24, 2.45) is 5.73 Å². The Hall–Kier alpha value is -1.70. The van der Waals surface area contributed by atoms with Crippen molar-refractivity contribution in [3.8, 4) is 0 Å². The van der Waals surface area contributed by atoms with Crippen molar-refractivity contribution in [3.63, 3.8) is 0 Å². The summed E-state index contributed by atoms with van der Waals surface area (Å²) in [5.41, 5.74) is 5.60. The van der Waals surface area contributed by atoms with Crippen LogP contribution in [0.1, 0.15) is 65.2 Å². The maximum absolute atomic E-state index is 11.8. The van der Waals surface area contributed by atoms with E-state index in [0.717, 1.165) is 19.3 Å². The van der Waals surface area contributed by atoms with Crippen LogP contribution in [-0.4, -0.2) is 42.0 Å². The molecule has 0 aromatic heterocycles. The zero-order valence-corrected chi connectivity index (χ0v) is 16.6. The van der Waals surface area contributed by atoms with Gasteiger partial charge in [0.2, 0.25) is 5.91 Å². The van der Waals surface area contributed by atoms with Gasteiger partial charge in [0.15, 0.2) is 6.23 Å². The van der Waals surface area contributed by atoms with E-state index in [1.165, 1.54) is 19.3 Å². The second-order valence-electron chi connectivity index (χ2n) is 7.01. The van der Waals surface area contributed by atoms with Gasteiger partial charge in [-0.15, -0.1) is 0 Å². The average Bonchev–Trinajstić information content (AvgIpc) is 2.99. The van der Waals surface area contributed by atoms with E-state index in [1.807, 2.05) is 0 Å². The van der Waals surface area contributed by atoms with Crippen molar-refractivity contribution >= 4 is 11.9 Å². The number of nitrogens with two attached hydrogens (primary N) is 2. The van der Waals surface area contributed by atoms with E-state index >= 15 is 0 Å². The number of primary amides is 1. The standard InChI is InChI=1S/C20H34N2O5/c1-3-4-5-6-7-8-11-19(24)26-14-17-16(23)13-18(27-17)22-12-9-10-15(2)20(21)25/h9-10,12,16-18,22-23H,3-8,11,13-14H2,1-2H3,(H2,21,25)/p+1/b12-9-,15-10+/t16-,17+,18+/m0/s1. The predicted molar refractivity (Wildman–Crippen MR) is 102 cm³/mol. The molecule has 1 aliphatic rings. The van der Waals surface area contributed by atoms with E-state index in [1.54, 1.807) is 30.6 Å². The topological polar surface area (TPSA) is 115 Å². The molecule has 0 saturated carbocycles. The fraction of sp³-hybridized carbons (Fsp3) is 0.700. The number of allylic oxidation sites excluding steroid dienone is 2. The third kappa shape index (κ3) is 10.3. The lowest BCUT2D eigenvalue weighted by Gasteiger charge is -2.13. The lowest BCUT2D eigenvalue weighted by atomic mass is 10.1. The van der Waals surface area contributed by atoms with Gasteiger partial charge in [-0.05, 0) is 25.5 Å². The van der Waals surface area contributed by atoms with Crippen molar-refractivity contribution in [1.29, 1.82) is 0 Å². The van der Waals surface area contributed by atoms with Crippen molar-refractivity contribution in [2.45, 2.75) is 83.6 Å². The highest BCUT2D eigenvalue weighted by molar-refractivity contribution is 5.91. The first-order valence-electron chi connectivity index (χ1n) is 9.91. The summed E-state index contributed by atoms with van der Waals surface area (Å²) in [6.07, 6.45) is 11.2. The Kier molecular flexibility index (Phi) is 11.6. The van der Waals surface area contributed by atoms with Gasteiger partial charge < -0.3 is 20.3 Å². The van der Waals surface area contributed by atoms with Crippen LogP contribution in [0.5, 0.6) is 0 Å². The highest BCUT2D eigenvalue weighted by Gasteiger charge is 2.36. The Morgan fingerprint density at radius 3 is 2.67 bits per heavy atom. The first-order chi connectivity index (χ1) is 12.9. The molecule has 154 valence electrons. The molecule has 1 rings (SSSR count). The highest BCUT2D eigenvalue weighted by Crippen LogP contribution is 2.17. The van der Waals surface area contributed by atoms with Crippen LogP contribution in [0.15, 0.2) is 23.9 Å². The van der Waals surface area contributed by atoms with Gasteiger partial charge in [-0.2, -0.15) is 0 Å². The molecular formula is C20H35N2O5+. The van der Waals surface area contributed by atoms with Crippen LogP contribution in [0.2, 0.25) is 0 Å². The molecule has 0 aromatic carbocycles. The number of carbonyl (C=O) groups excluding carboxylic acids is 2. The summed E-state index contributed by atoms with van der Waals surface area (Å²) in [6.45, 7) is 3.89. The lowest BCUT2D eigenvalue weighted by Crippen LogP contribution is -2.84. The van der Waals surface area contributed by atoms with Crippen LogP contribution in [0.25, 0.3) is 0 Å². The van der Waals surface area contributed by atoms with Gasteiger partial charge in [-0.3, -0.25) is 14.9 Å². The zero-order valence-electron chi connectivity index (χ0n) is 16.6. The summed E-state index contributed by atoms with van der Waals surface area (Å²) in [7, 11) is 0. The number of amides is 1. The summed E-state index contributed by atoms with van der Waals surface area (Å²) in [6, 6.07) is 0. The number of hydrogen-bond donors (Lipinski definition) is 3. The molecule has 7 nitrogen and oxygen atoms in total. The van der Waals surface area contributed by atoms with Crippen LogP contribution in [-0.2, 0) is 19.1 Å². The van der Waals surface area contributed by atoms with E-state index in [-0.39, 0.29) is 18.8 Å². The maximum Gasteiger partial charge on any atom is 0.305 e. The van der Waals surface area contributed by atoms with Crippen LogP contribution < -0.4 is 11.1 Å². The quantitative estimate of drug-likeness (QED) is 0.192. The van der Waals surface area contributed by atoms with E-state index in [2.05, 4.69) is 6.92 Å². The lowest BCUT2D eigenvalue weighted by molar-refractivity contribution is -0.667. The second kappa shape index (κ2) is 13.5. The molecular weight excluding hydrogens is 348 g/mol. The Morgan fingerprint density at radius 2 is 1.96 bits per heavy atom. The van der Waals surface area contributed by atoms with Gasteiger partial charge in [0.25, 0.3) is 0 Å². The SMILES string of the molecule is CCCCCCCCC(=O)OC[C@H]1O[C@@H]([NH2+]/C=C\C=C(/C)C(N)=O)C[C@@H]1O. The first-order valence-corrected chi connectivity index (χ1v) is 9.91. The Balaban J connectivity index is 2.19. The van der Waals surface area contributed by atoms with Crippen LogP contribution in [0.3, 0.4) is 0 Å². The molecule has 7 heteroatoms. The third-order valence-electron chi connectivity index (χ3n) is 4.57. The maximum atomic E-state index is 11.8. The van der Waals surface area contributed by atoms with Gasteiger partial charge in [0.1, 0.15) is 12.7 Å². The number of carbonyl (C=O) groups is 2. The first kappa shape index (κ1) is 23.3. The molecule has 1 heterocycles. The molecule has 1 amide bonds. The van der Waals surface area contributed by atoms with Gasteiger partial charge in [-0.1, -0.05) is 39.0 Å². The second-order valence-corrected chi connectivity index (χ2v) is 7.01. The van der Waals surface area contributed by atoms with Crippen LogP contribution in [0, 0.1) is 0 Å². The number of unbranched alkanes of at least 4 members (excludes halogenated alkanes) is 5. The van der Waals surface area contributed by atoms with E-state index < -0.39 is 18.1 Å². The normalized spacial score (nSPS) is 23.1. The fourth-order valence-electron chi connectivity index (χ4n) is 2.80. The number of hydrogen-bond acceptors (Lipinski definition) is 5. The van der Waals surface area contributed by atoms with Gasteiger partial charge in [-0.25, -0.2) is 0 Å². The molecule has 5 N–H and O–H groups in total. The minimum atomic E-state index is -0.663. The number of rotatable bonds is 13. The number of esters is 1. The molecule has 0 bridgehead atoms. The molecule has 0 radical (unpaired) electrons. The third-order valence-corrected chi connectivity index (χ3v) is 4.57. The van der Waals surface area contributed by atoms with E-state index in [0.29, 0.717) is 18.4 Å². The van der Waals surface area contributed by atoms with Crippen molar-refractivity contribution < 1.29 is 29.5 Å². The molecule has 0 spiro atoms. The Morgan fingerprint density at radius 1 is 1.26 bits per heavy atom. The number of aliphatic hydroxyl groups excluding tert-OH is 1. The molecule has 1 aliphatic heterocycles. The largest absolute Gasteiger partial charge is 0.463 e. The minimum Gasteiger partial charge on any atom is -0.463 e. The van der Waals surface area contributed by atoms with Crippen molar-refractivity contribution in [3.05, 3.63) is 23.9 Å². The van der Waals surface area contributed by atoms with Gasteiger partial charge >= 0.3 is 5.97 Å². The molecule has 1 fully saturated rings. The summed E-state index contributed by atoms with van der Waals surface area (Å²) >= 11 is 0. The smallest absolute Gasteiger partial charge is 0.305 e. The monoisotopic (exact) mass is 383 g/mol. The highest BCUT2D eigenvalue weighted by atomic mass is 16.6. The van der Waals surface area contributed by atoms with Crippen LogP contribution in [0.4, 0.5) is 0 Å². The summed E-state index contributed by atoms with van der Waals surface area (Å²) in [5, 5.41) is 11.9. The van der Waals surface area contributed by atoms with E-state index in [9.17, 15) is 14.7 Å². The molecule has 0 aliphatic carbocycles. The Labute approximate surface area is 162 Å². The molecule has 27 heavy (non-hydrogen) atoms. The predicted octanol–water partition coefficient (Wildman–Crippen LogP) is 1.26. The Bertz CT molecular complexity index is 519. The van der Waals surface area contributed by atoms with Gasteiger partial charge in [0, 0.05) is 12.0 Å². The van der Waals surface area contributed by atoms with Crippen LogP contribution >= 0.6 is 0 Å². The van der Waals surface area contributed by atoms with Gasteiger partial charge in [0.05, 0.1) is 18.7 Å². The van der Waals surface area contributed by atoms with E-state index in [4.69, 9.17) is 15.2 Å². The zero-order chi connectivity index (χ0) is 20.1. The summed E-state index contributed by atoms with van der Waals surface area (Å²) < 4.78 is 10.9. The average molecular weight is 384 g/mol.